The third kappa shape index (κ3) is 3.13. The summed E-state index contributed by atoms with van der Waals surface area (Å²) in [5.41, 5.74) is -1.08. The van der Waals surface area contributed by atoms with Crippen LogP contribution >= 0.6 is 0 Å². The van der Waals surface area contributed by atoms with E-state index in [-0.39, 0.29) is 18.7 Å². The zero-order chi connectivity index (χ0) is 13.8. The zero-order valence-corrected chi connectivity index (χ0v) is 11.0. The molecule has 0 atom stereocenters. The number of aliphatic carboxylic acids is 1. The van der Waals surface area contributed by atoms with E-state index in [2.05, 4.69) is 5.32 Å². The Hall–Kier alpha value is -1.30. The van der Waals surface area contributed by atoms with E-state index in [1.54, 1.807) is 4.90 Å². The number of hydrogen-bond acceptors (Lipinski definition) is 3. The molecule has 1 saturated carbocycles. The van der Waals surface area contributed by atoms with Gasteiger partial charge in [-0.15, -0.1) is 0 Å². The number of carbonyl (C=O) groups is 2. The highest BCUT2D eigenvalue weighted by Crippen LogP contribution is 2.32. The van der Waals surface area contributed by atoms with Gasteiger partial charge in [0, 0.05) is 19.2 Å². The van der Waals surface area contributed by atoms with Crippen molar-refractivity contribution in [2.75, 3.05) is 13.2 Å². The molecule has 0 bridgehead atoms. The number of carbonyl (C=O) groups excluding carboxylic acids is 1. The topological polar surface area (TPSA) is 89.9 Å². The van der Waals surface area contributed by atoms with E-state index in [4.69, 9.17) is 10.2 Å². The Kier molecular flexibility index (Phi) is 4.95. The number of nitrogens with one attached hydrogen (secondary N) is 1. The Bertz CT molecular complexity index is 313. The van der Waals surface area contributed by atoms with Crippen molar-refractivity contribution in [3.63, 3.8) is 0 Å². The normalized spacial score (nSPS) is 17.1. The molecule has 0 aromatic rings. The van der Waals surface area contributed by atoms with E-state index in [0.717, 1.165) is 6.42 Å². The number of urea groups is 1. The highest BCUT2D eigenvalue weighted by molar-refractivity contribution is 5.87. The monoisotopic (exact) mass is 258 g/mol. The number of nitrogens with zero attached hydrogens (tertiary/aromatic N) is 1. The summed E-state index contributed by atoms with van der Waals surface area (Å²) in [6.07, 6.45) is 2.29. The van der Waals surface area contributed by atoms with Gasteiger partial charge in [0.2, 0.25) is 0 Å². The second-order valence-electron chi connectivity index (χ2n) is 5.04. The van der Waals surface area contributed by atoms with Crippen LogP contribution in [-0.2, 0) is 4.79 Å². The van der Waals surface area contributed by atoms with Gasteiger partial charge in [0.05, 0.1) is 0 Å². The lowest BCUT2D eigenvalue weighted by Crippen LogP contribution is -2.62. The molecule has 0 saturated heterocycles. The van der Waals surface area contributed by atoms with E-state index >= 15 is 0 Å². The lowest BCUT2D eigenvalue weighted by atomic mass is 9.77. The first kappa shape index (κ1) is 14.8. The van der Waals surface area contributed by atoms with Crippen molar-refractivity contribution in [3.8, 4) is 0 Å². The minimum atomic E-state index is -1.08. The fraction of sp³-hybridized carbons (Fsp3) is 0.833. The molecule has 3 N–H and O–H groups in total. The number of carboxylic acids is 1. The van der Waals surface area contributed by atoms with Crippen molar-refractivity contribution in [1.82, 2.24) is 10.2 Å². The third-order valence-electron chi connectivity index (χ3n) is 3.40. The van der Waals surface area contributed by atoms with E-state index in [1.807, 2.05) is 13.8 Å². The van der Waals surface area contributed by atoms with Gasteiger partial charge in [-0.05, 0) is 39.5 Å². The molecule has 0 spiro atoms. The van der Waals surface area contributed by atoms with Gasteiger partial charge in [-0.2, -0.15) is 0 Å². The molecule has 6 heteroatoms. The molecular weight excluding hydrogens is 236 g/mol. The molecular formula is C12H22N2O4. The SMILES string of the molecule is CC(C)N(CCCO)C(=O)NC1(C(=O)O)CCC1. The highest BCUT2D eigenvalue weighted by atomic mass is 16.4. The summed E-state index contributed by atoms with van der Waals surface area (Å²) in [6, 6.07) is -0.386. The fourth-order valence-electron chi connectivity index (χ4n) is 2.03. The molecule has 1 fully saturated rings. The third-order valence-corrected chi connectivity index (χ3v) is 3.40. The smallest absolute Gasteiger partial charge is 0.329 e. The molecule has 0 unspecified atom stereocenters. The van der Waals surface area contributed by atoms with Gasteiger partial charge in [0.1, 0.15) is 5.54 Å². The molecule has 6 nitrogen and oxygen atoms in total. The number of aliphatic hydroxyl groups excluding tert-OH is 1. The molecule has 18 heavy (non-hydrogen) atoms. The summed E-state index contributed by atoms with van der Waals surface area (Å²) < 4.78 is 0. The first-order valence-corrected chi connectivity index (χ1v) is 6.36. The van der Waals surface area contributed by atoms with Gasteiger partial charge >= 0.3 is 12.0 Å². The predicted octanol–water partition coefficient (Wildman–Crippen LogP) is 0.796. The minimum Gasteiger partial charge on any atom is -0.480 e. The number of aliphatic hydroxyl groups is 1. The van der Waals surface area contributed by atoms with Crippen LogP contribution in [0.3, 0.4) is 0 Å². The number of rotatable bonds is 6. The molecule has 2 amide bonds. The number of amides is 2. The first-order valence-electron chi connectivity index (χ1n) is 6.36. The summed E-state index contributed by atoms with van der Waals surface area (Å²) in [4.78, 5) is 24.8. The number of hydrogen-bond donors (Lipinski definition) is 3. The second kappa shape index (κ2) is 6.04. The zero-order valence-electron chi connectivity index (χ0n) is 11.0. The molecule has 1 aliphatic rings. The van der Waals surface area contributed by atoms with Crippen LogP contribution in [0.1, 0.15) is 39.5 Å². The van der Waals surface area contributed by atoms with Gasteiger partial charge in [-0.3, -0.25) is 0 Å². The molecule has 1 rings (SSSR count). The maximum absolute atomic E-state index is 12.1. The van der Waals surface area contributed by atoms with Crippen LogP contribution < -0.4 is 5.32 Å². The molecule has 0 radical (unpaired) electrons. The van der Waals surface area contributed by atoms with E-state index in [0.29, 0.717) is 25.8 Å². The largest absolute Gasteiger partial charge is 0.480 e. The molecule has 0 aromatic heterocycles. The van der Waals surface area contributed by atoms with Crippen molar-refractivity contribution in [2.24, 2.45) is 0 Å². The van der Waals surface area contributed by atoms with Crippen molar-refractivity contribution in [3.05, 3.63) is 0 Å². The van der Waals surface area contributed by atoms with Crippen molar-refractivity contribution >= 4 is 12.0 Å². The lowest BCUT2D eigenvalue weighted by molar-refractivity contribution is -0.148. The van der Waals surface area contributed by atoms with Gasteiger partial charge < -0.3 is 20.4 Å². The van der Waals surface area contributed by atoms with Crippen molar-refractivity contribution in [2.45, 2.75) is 51.1 Å². The Morgan fingerprint density at radius 1 is 1.39 bits per heavy atom. The summed E-state index contributed by atoms with van der Waals surface area (Å²) in [5.74, 6) is -0.965. The lowest BCUT2D eigenvalue weighted by Gasteiger charge is -2.40. The molecule has 0 heterocycles. The fourth-order valence-corrected chi connectivity index (χ4v) is 2.03. The Balaban J connectivity index is 2.63. The quantitative estimate of drug-likeness (QED) is 0.657. The van der Waals surface area contributed by atoms with Gasteiger partial charge in [-0.25, -0.2) is 9.59 Å². The Labute approximate surface area is 107 Å². The summed E-state index contributed by atoms with van der Waals surface area (Å²) in [5, 5.41) is 20.6. The summed E-state index contributed by atoms with van der Waals surface area (Å²) in [6.45, 7) is 4.17. The molecule has 0 aromatic carbocycles. The van der Waals surface area contributed by atoms with Gasteiger partial charge in [0.25, 0.3) is 0 Å². The van der Waals surface area contributed by atoms with Gasteiger partial charge in [0.15, 0.2) is 0 Å². The van der Waals surface area contributed by atoms with Crippen LogP contribution in [0.4, 0.5) is 4.79 Å². The van der Waals surface area contributed by atoms with Crippen LogP contribution in [0, 0.1) is 0 Å². The Morgan fingerprint density at radius 2 is 2.00 bits per heavy atom. The second-order valence-corrected chi connectivity index (χ2v) is 5.04. The van der Waals surface area contributed by atoms with Crippen LogP contribution in [0.25, 0.3) is 0 Å². The standard InChI is InChI=1S/C12H22N2O4/c1-9(2)14(7-4-8-15)11(18)13-12(10(16)17)5-3-6-12/h9,15H,3-8H2,1-2H3,(H,13,18)(H,16,17). The van der Waals surface area contributed by atoms with E-state index in [9.17, 15) is 9.59 Å². The van der Waals surface area contributed by atoms with E-state index in [1.165, 1.54) is 0 Å². The van der Waals surface area contributed by atoms with Crippen LogP contribution in [0.2, 0.25) is 0 Å². The minimum absolute atomic E-state index is 0.0145. The van der Waals surface area contributed by atoms with Crippen LogP contribution in [0.5, 0.6) is 0 Å². The Morgan fingerprint density at radius 3 is 2.33 bits per heavy atom. The highest BCUT2D eigenvalue weighted by Gasteiger charge is 2.46. The molecule has 1 aliphatic carbocycles. The molecule has 104 valence electrons. The average Bonchev–Trinajstić information content (AvgIpc) is 2.22. The van der Waals surface area contributed by atoms with Crippen molar-refractivity contribution in [1.29, 1.82) is 0 Å². The maximum Gasteiger partial charge on any atom is 0.329 e. The van der Waals surface area contributed by atoms with Crippen LogP contribution in [-0.4, -0.2) is 51.8 Å². The summed E-state index contributed by atoms with van der Waals surface area (Å²) >= 11 is 0. The number of carboxylic acid groups (broad SMARTS) is 1. The average molecular weight is 258 g/mol. The summed E-state index contributed by atoms with van der Waals surface area (Å²) in [7, 11) is 0. The van der Waals surface area contributed by atoms with E-state index < -0.39 is 11.5 Å². The molecule has 0 aliphatic heterocycles. The van der Waals surface area contributed by atoms with Gasteiger partial charge in [-0.1, -0.05) is 0 Å². The van der Waals surface area contributed by atoms with Crippen LogP contribution in [0.15, 0.2) is 0 Å². The maximum atomic E-state index is 12.1. The predicted molar refractivity (Wildman–Crippen MR) is 66.3 cm³/mol. The first-order chi connectivity index (χ1) is 8.43. The van der Waals surface area contributed by atoms with Crippen molar-refractivity contribution < 1.29 is 19.8 Å².